The SMILES string of the molecule is CC(=O)ON1C(=O)C2(CCCCC2)C(C(=NO)C(=O)O)C12C=CCCC2. The topological polar surface area (TPSA) is 117 Å². The van der Waals surface area contributed by atoms with Crippen LogP contribution < -0.4 is 0 Å². The van der Waals surface area contributed by atoms with E-state index in [2.05, 4.69) is 5.16 Å². The van der Waals surface area contributed by atoms with Crippen molar-refractivity contribution in [1.82, 2.24) is 5.06 Å². The Hall–Kier alpha value is -2.38. The smallest absolute Gasteiger partial charge is 0.354 e. The highest BCUT2D eigenvalue weighted by molar-refractivity contribution is 6.37. The molecule has 3 aliphatic rings. The predicted octanol–water partition coefficient (Wildman–Crippen LogP) is 2.27. The summed E-state index contributed by atoms with van der Waals surface area (Å²) >= 11 is 0. The Kier molecular flexibility index (Phi) is 4.77. The highest BCUT2D eigenvalue weighted by Gasteiger charge is 2.69. The van der Waals surface area contributed by atoms with Crippen molar-refractivity contribution in [1.29, 1.82) is 0 Å². The van der Waals surface area contributed by atoms with Crippen LogP contribution in [-0.2, 0) is 19.2 Å². The third-order valence-electron chi connectivity index (χ3n) is 5.96. The monoisotopic (exact) mass is 364 g/mol. The first kappa shape index (κ1) is 18.4. The van der Waals surface area contributed by atoms with Gasteiger partial charge in [-0.3, -0.25) is 9.59 Å². The van der Waals surface area contributed by atoms with Gasteiger partial charge in [0.25, 0.3) is 5.91 Å². The van der Waals surface area contributed by atoms with Crippen LogP contribution in [0, 0.1) is 11.3 Å². The Bertz CT molecular complexity index is 679. The van der Waals surface area contributed by atoms with Crippen molar-refractivity contribution >= 4 is 23.6 Å². The molecular formula is C18H24N2O6. The fourth-order valence-electron chi connectivity index (χ4n) is 5.06. The number of carbonyl (C=O) groups excluding carboxylic acids is 2. The molecule has 26 heavy (non-hydrogen) atoms. The summed E-state index contributed by atoms with van der Waals surface area (Å²) < 4.78 is 0. The van der Waals surface area contributed by atoms with Crippen molar-refractivity contribution in [2.45, 2.75) is 63.8 Å². The quantitative estimate of drug-likeness (QED) is 0.343. The number of aliphatic carboxylic acids is 1. The van der Waals surface area contributed by atoms with Crippen LogP contribution in [0.15, 0.2) is 17.3 Å². The second-order valence-electron chi connectivity index (χ2n) is 7.41. The predicted molar refractivity (Wildman–Crippen MR) is 90.2 cm³/mol. The molecule has 0 bridgehead atoms. The number of carboxylic acids is 1. The Morgan fingerprint density at radius 2 is 1.92 bits per heavy atom. The fourth-order valence-corrected chi connectivity index (χ4v) is 5.06. The van der Waals surface area contributed by atoms with Crippen LogP contribution in [0.3, 0.4) is 0 Å². The number of carbonyl (C=O) groups is 3. The molecule has 1 saturated heterocycles. The minimum Gasteiger partial charge on any atom is -0.477 e. The first-order valence-electron chi connectivity index (χ1n) is 9.05. The van der Waals surface area contributed by atoms with Gasteiger partial charge in [0.2, 0.25) is 0 Å². The normalized spacial score (nSPS) is 30.8. The minimum atomic E-state index is -1.36. The number of carboxylic acid groups (broad SMARTS) is 1. The Balaban J connectivity index is 2.22. The van der Waals surface area contributed by atoms with Gasteiger partial charge in [0.05, 0.1) is 11.3 Å². The van der Waals surface area contributed by atoms with E-state index in [1.54, 1.807) is 6.08 Å². The molecule has 1 saturated carbocycles. The molecule has 0 aromatic rings. The van der Waals surface area contributed by atoms with Crippen molar-refractivity contribution < 1.29 is 29.5 Å². The molecule has 3 rings (SSSR count). The zero-order chi connectivity index (χ0) is 18.9. The molecule has 1 amide bonds. The highest BCUT2D eigenvalue weighted by Crippen LogP contribution is 2.58. The lowest BCUT2D eigenvalue weighted by atomic mass is 9.59. The highest BCUT2D eigenvalue weighted by atomic mass is 16.7. The zero-order valence-electron chi connectivity index (χ0n) is 14.8. The average molecular weight is 364 g/mol. The van der Waals surface area contributed by atoms with Crippen molar-refractivity contribution in [2.24, 2.45) is 16.5 Å². The largest absolute Gasteiger partial charge is 0.477 e. The number of hydroxylamine groups is 2. The van der Waals surface area contributed by atoms with Crippen LogP contribution in [0.2, 0.25) is 0 Å². The van der Waals surface area contributed by atoms with Crippen LogP contribution in [0.1, 0.15) is 58.3 Å². The summed E-state index contributed by atoms with van der Waals surface area (Å²) in [6.07, 6.45) is 9.06. The van der Waals surface area contributed by atoms with E-state index in [0.29, 0.717) is 25.7 Å². The second kappa shape index (κ2) is 6.74. The van der Waals surface area contributed by atoms with Gasteiger partial charge in [-0.15, -0.1) is 0 Å². The van der Waals surface area contributed by atoms with Gasteiger partial charge in [-0.1, -0.05) is 36.6 Å². The van der Waals surface area contributed by atoms with E-state index >= 15 is 0 Å². The number of hydrogen-bond acceptors (Lipinski definition) is 6. The summed E-state index contributed by atoms with van der Waals surface area (Å²) in [5.41, 5.74) is -2.60. The number of oxime groups is 1. The van der Waals surface area contributed by atoms with Gasteiger partial charge in [0.15, 0.2) is 5.71 Å². The lowest BCUT2D eigenvalue weighted by molar-refractivity contribution is -0.210. The Morgan fingerprint density at radius 3 is 2.42 bits per heavy atom. The van der Waals surface area contributed by atoms with E-state index in [0.717, 1.165) is 30.7 Å². The van der Waals surface area contributed by atoms with Crippen LogP contribution in [0.4, 0.5) is 0 Å². The number of rotatable bonds is 3. The molecule has 0 radical (unpaired) electrons. The summed E-state index contributed by atoms with van der Waals surface area (Å²) in [4.78, 5) is 42.3. The Morgan fingerprint density at radius 1 is 1.23 bits per heavy atom. The molecule has 0 aromatic heterocycles. The van der Waals surface area contributed by atoms with E-state index in [4.69, 9.17) is 4.84 Å². The molecule has 0 aromatic carbocycles. The van der Waals surface area contributed by atoms with Gasteiger partial charge < -0.3 is 15.2 Å². The van der Waals surface area contributed by atoms with Gasteiger partial charge >= 0.3 is 11.9 Å². The molecule has 2 unspecified atom stereocenters. The van der Waals surface area contributed by atoms with Crippen LogP contribution in [0.5, 0.6) is 0 Å². The molecule has 1 heterocycles. The molecule has 2 N–H and O–H groups in total. The van der Waals surface area contributed by atoms with Gasteiger partial charge in [0.1, 0.15) is 5.54 Å². The first-order valence-corrected chi connectivity index (χ1v) is 9.05. The molecule has 2 spiro atoms. The molecule has 2 atom stereocenters. The second-order valence-corrected chi connectivity index (χ2v) is 7.41. The maximum Gasteiger partial charge on any atom is 0.354 e. The van der Waals surface area contributed by atoms with Gasteiger partial charge in [-0.05, 0) is 32.1 Å². The number of nitrogens with zero attached hydrogens (tertiary/aromatic N) is 2. The third kappa shape index (κ3) is 2.59. The summed E-state index contributed by atoms with van der Waals surface area (Å²) in [7, 11) is 0. The average Bonchev–Trinajstić information content (AvgIpc) is 2.78. The van der Waals surface area contributed by atoms with E-state index in [1.807, 2.05) is 6.08 Å². The lowest BCUT2D eigenvalue weighted by Crippen LogP contribution is -2.53. The summed E-state index contributed by atoms with van der Waals surface area (Å²) in [6.45, 7) is 1.21. The molecule has 8 heteroatoms. The fraction of sp³-hybridized carbons (Fsp3) is 0.667. The van der Waals surface area contributed by atoms with Gasteiger partial charge in [0, 0.05) is 6.92 Å². The molecule has 142 valence electrons. The van der Waals surface area contributed by atoms with E-state index in [-0.39, 0.29) is 5.91 Å². The maximum absolute atomic E-state index is 13.4. The standard InChI is InChI=1S/C18H24N2O6/c1-12(21)26-20-16(24)17(8-4-2-5-9-17)14(13(19-25)15(22)23)18(20)10-6-3-7-11-18/h6,10,14,25H,2-5,7-9,11H2,1H3,(H,22,23). The summed E-state index contributed by atoms with van der Waals surface area (Å²) in [6, 6.07) is 0. The first-order chi connectivity index (χ1) is 12.4. The molecule has 1 aliphatic heterocycles. The van der Waals surface area contributed by atoms with Crippen molar-refractivity contribution in [3.8, 4) is 0 Å². The van der Waals surface area contributed by atoms with Crippen molar-refractivity contribution in [3.05, 3.63) is 12.2 Å². The van der Waals surface area contributed by atoms with Crippen LogP contribution >= 0.6 is 0 Å². The lowest BCUT2D eigenvalue weighted by Gasteiger charge is -2.42. The zero-order valence-corrected chi connectivity index (χ0v) is 14.8. The summed E-state index contributed by atoms with van der Waals surface area (Å²) in [5.74, 6) is -3.26. The molecule has 2 aliphatic carbocycles. The van der Waals surface area contributed by atoms with Crippen LogP contribution in [-0.4, -0.2) is 44.5 Å². The number of amides is 1. The van der Waals surface area contributed by atoms with E-state index < -0.39 is 34.5 Å². The van der Waals surface area contributed by atoms with E-state index in [9.17, 15) is 24.7 Å². The molecule has 2 fully saturated rings. The molecular weight excluding hydrogens is 340 g/mol. The van der Waals surface area contributed by atoms with Crippen molar-refractivity contribution in [2.75, 3.05) is 0 Å². The van der Waals surface area contributed by atoms with Crippen molar-refractivity contribution in [3.63, 3.8) is 0 Å². The van der Waals surface area contributed by atoms with Gasteiger partial charge in [-0.2, -0.15) is 5.06 Å². The number of hydrogen-bond donors (Lipinski definition) is 2. The van der Waals surface area contributed by atoms with E-state index in [1.165, 1.54) is 6.92 Å². The minimum absolute atomic E-state index is 0.383. The summed E-state index contributed by atoms with van der Waals surface area (Å²) in [5, 5.41) is 23.3. The van der Waals surface area contributed by atoms with Crippen LogP contribution in [0.25, 0.3) is 0 Å². The molecule has 8 nitrogen and oxygen atoms in total. The maximum atomic E-state index is 13.4. The Labute approximate surface area is 151 Å². The van der Waals surface area contributed by atoms with Gasteiger partial charge in [-0.25, -0.2) is 4.79 Å². The number of allylic oxidation sites excluding steroid dienone is 1. The third-order valence-corrected chi connectivity index (χ3v) is 5.96.